The molecule has 0 saturated carbocycles. The summed E-state index contributed by atoms with van der Waals surface area (Å²) in [5.41, 5.74) is 2.09. The second-order valence-corrected chi connectivity index (χ2v) is 9.14. The highest BCUT2D eigenvalue weighted by molar-refractivity contribution is 7.10. The molecule has 5 nitrogen and oxygen atoms in total. The molecule has 0 aliphatic carbocycles. The van der Waals surface area contributed by atoms with Crippen molar-refractivity contribution in [2.24, 2.45) is 5.92 Å². The minimum Gasteiger partial charge on any atom is -0.375 e. The molecule has 4 rings (SSSR count). The number of ether oxygens (including phenoxy) is 1. The van der Waals surface area contributed by atoms with Crippen LogP contribution in [0.3, 0.4) is 0 Å². The standard InChI is InChI=1S/C22H29N3O2S/c1-17-5-13-28-20(17)16-25-10-6-22(7-11-25)14-18(4-12-27-22)15-24-21(26)19-2-8-23-9-3-19/h2-3,5,8-9,13,18H,4,6-7,10-12,14-16H2,1H3,(H,24,26). The number of likely N-dealkylation sites (tertiary alicyclic amines) is 1. The Morgan fingerprint density at radius 3 is 2.82 bits per heavy atom. The van der Waals surface area contributed by atoms with Crippen molar-refractivity contribution in [3.05, 3.63) is 52.0 Å². The Morgan fingerprint density at radius 1 is 1.32 bits per heavy atom. The number of nitrogens with zero attached hydrogens (tertiary/aromatic N) is 2. The fraction of sp³-hybridized carbons (Fsp3) is 0.545. The van der Waals surface area contributed by atoms with E-state index >= 15 is 0 Å². The Hall–Kier alpha value is -1.76. The number of hydrogen-bond acceptors (Lipinski definition) is 5. The van der Waals surface area contributed by atoms with Crippen molar-refractivity contribution in [2.75, 3.05) is 26.2 Å². The summed E-state index contributed by atoms with van der Waals surface area (Å²) in [6.07, 6.45) is 7.57. The number of rotatable bonds is 5. The maximum absolute atomic E-state index is 12.3. The third-order valence-electron chi connectivity index (χ3n) is 6.19. The van der Waals surface area contributed by atoms with E-state index in [4.69, 9.17) is 4.74 Å². The van der Waals surface area contributed by atoms with Crippen LogP contribution in [0.4, 0.5) is 0 Å². The number of amides is 1. The lowest BCUT2D eigenvalue weighted by atomic mass is 9.79. The van der Waals surface area contributed by atoms with Gasteiger partial charge in [0.25, 0.3) is 5.91 Å². The van der Waals surface area contributed by atoms with E-state index < -0.39 is 0 Å². The molecule has 4 heterocycles. The number of nitrogens with one attached hydrogen (secondary N) is 1. The highest BCUT2D eigenvalue weighted by Gasteiger charge is 2.40. The molecule has 1 amide bonds. The van der Waals surface area contributed by atoms with Gasteiger partial charge in [-0.3, -0.25) is 14.7 Å². The number of hydrogen-bond donors (Lipinski definition) is 1. The van der Waals surface area contributed by atoms with Crippen LogP contribution in [-0.4, -0.2) is 47.6 Å². The van der Waals surface area contributed by atoms with Crippen LogP contribution in [0.1, 0.15) is 46.5 Å². The van der Waals surface area contributed by atoms with E-state index in [0.717, 1.165) is 58.5 Å². The summed E-state index contributed by atoms with van der Waals surface area (Å²) in [5, 5.41) is 5.29. The Balaban J connectivity index is 1.27. The highest BCUT2D eigenvalue weighted by Crippen LogP contribution is 2.38. The lowest BCUT2D eigenvalue weighted by Crippen LogP contribution is -2.50. The van der Waals surface area contributed by atoms with E-state index in [2.05, 4.69) is 33.6 Å². The summed E-state index contributed by atoms with van der Waals surface area (Å²) in [7, 11) is 0. The lowest BCUT2D eigenvalue weighted by molar-refractivity contribution is -0.127. The molecule has 1 atom stereocenters. The first-order valence-electron chi connectivity index (χ1n) is 10.2. The number of aromatic nitrogens is 1. The normalized spacial score (nSPS) is 22.2. The molecule has 0 aromatic carbocycles. The molecule has 1 unspecified atom stereocenters. The summed E-state index contributed by atoms with van der Waals surface area (Å²) in [6, 6.07) is 5.72. The number of piperidine rings is 1. The van der Waals surface area contributed by atoms with Gasteiger partial charge in [-0.15, -0.1) is 11.3 Å². The van der Waals surface area contributed by atoms with E-state index in [1.807, 2.05) is 11.3 Å². The quantitative estimate of drug-likeness (QED) is 0.834. The van der Waals surface area contributed by atoms with Gasteiger partial charge in [0.15, 0.2) is 0 Å². The van der Waals surface area contributed by atoms with Crippen molar-refractivity contribution in [1.82, 2.24) is 15.2 Å². The summed E-state index contributed by atoms with van der Waals surface area (Å²) in [4.78, 5) is 20.3. The topological polar surface area (TPSA) is 54.5 Å². The van der Waals surface area contributed by atoms with Crippen LogP contribution in [0.15, 0.2) is 36.0 Å². The van der Waals surface area contributed by atoms with Gasteiger partial charge >= 0.3 is 0 Å². The molecule has 0 bridgehead atoms. The fourth-order valence-corrected chi connectivity index (χ4v) is 5.33. The molecule has 2 fully saturated rings. The van der Waals surface area contributed by atoms with E-state index in [1.165, 1.54) is 10.4 Å². The zero-order chi connectivity index (χ0) is 19.4. The van der Waals surface area contributed by atoms with Gasteiger partial charge in [-0.2, -0.15) is 0 Å². The van der Waals surface area contributed by atoms with Crippen LogP contribution in [0.25, 0.3) is 0 Å². The first kappa shape index (κ1) is 19.6. The van der Waals surface area contributed by atoms with Gasteiger partial charge in [0.2, 0.25) is 0 Å². The van der Waals surface area contributed by atoms with Crippen molar-refractivity contribution in [1.29, 1.82) is 0 Å². The number of aryl methyl sites for hydroxylation is 1. The number of carbonyl (C=O) groups excluding carboxylic acids is 1. The summed E-state index contributed by atoms with van der Waals surface area (Å²) in [6.45, 7) is 6.97. The average molecular weight is 400 g/mol. The number of carbonyl (C=O) groups is 1. The van der Waals surface area contributed by atoms with Crippen molar-refractivity contribution in [3.63, 3.8) is 0 Å². The SMILES string of the molecule is Cc1ccsc1CN1CCC2(CC1)CC(CNC(=O)c1ccncc1)CCO2. The lowest BCUT2D eigenvalue weighted by Gasteiger charge is -2.46. The molecule has 6 heteroatoms. The molecule has 2 saturated heterocycles. The maximum Gasteiger partial charge on any atom is 0.251 e. The monoisotopic (exact) mass is 399 g/mol. The average Bonchev–Trinajstić information content (AvgIpc) is 3.13. The smallest absolute Gasteiger partial charge is 0.251 e. The zero-order valence-corrected chi connectivity index (χ0v) is 17.3. The minimum absolute atomic E-state index is 0.00526. The van der Waals surface area contributed by atoms with Crippen molar-refractivity contribution in [3.8, 4) is 0 Å². The zero-order valence-electron chi connectivity index (χ0n) is 16.5. The molecule has 2 aromatic rings. The minimum atomic E-state index is -0.0101. The van der Waals surface area contributed by atoms with Gasteiger partial charge in [-0.25, -0.2) is 0 Å². The van der Waals surface area contributed by atoms with Crippen molar-refractivity contribution in [2.45, 2.75) is 44.8 Å². The molecular formula is C22H29N3O2S. The second kappa shape index (κ2) is 8.72. The van der Waals surface area contributed by atoms with Crippen LogP contribution in [-0.2, 0) is 11.3 Å². The van der Waals surface area contributed by atoms with Gasteiger partial charge in [-0.1, -0.05) is 0 Å². The van der Waals surface area contributed by atoms with Crippen LogP contribution in [0.2, 0.25) is 0 Å². The molecule has 2 aliphatic heterocycles. The Morgan fingerprint density at radius 2 is 2.11 bits per heavy atom. The molecule has 1 N–H and O–H groups in total. The number of thiophene rings is 1. The van der Waals surface area contributed by atoms with Gasteiger partial charge in [0.1, 0.15) is 0 Å². The molecule has 2 aliphatic rings. The largest absolute Gasteiger partial charge is 0.375 e. The summed E-state index contributed by atoms with van der Waals surface area (Å²) in [5.74, 6) is 0.481. The maximum atomic E-state index is 12.3. The summed E-state index contributed by atoms with van der Waals surface area (Å²) < 4.78 is 6.29. The third-order valence-corrected chi connectivity index (χ3v) is 7.20. The Bertz CT molecular complexity index is 784. The second-order valence-electron chi connectivity index (χ2n) is 8.14. The van der Waals surface area contributed by atoms with Crippen molar-refractivity contribution < 1.29 is 9.53 Å². The molecule has 2 aromatic heterocycles. The Kier molecular flexibility index (Phi) is 6.09. The predicted molar refractivity (Wildman–Crippen MR) is 112 cm³/mol. The molecule has 0 radical (unpaired) electrons. The van der Waals surface area contributed by atoms with Crippen LogP contribution in [0.5, 0.6) is 0 Å². The first-order valence-corrected chi connectivity index (χ1v) is 11.1. The molecule has 150 valence electrons. The van der Waals surface area contributed by atoms with Crippen LogP contribution in [0, 0.1) is 12.8 Å². The third kappa shape index (κ3) is 4.62. The Labute approximate surface area is 171 Å². The van der Waals surface area contributed by atoms with E-state index in [-0.39, 0.29) is 11.5 Å². The highest BCUT2D eigenvalue weighted by atomic mass is 32.1. The first-order chi connectivity index (χ1) is 13.6. The van der Waals surface area contributed by atoms with Crippen molar-refractivity contribution >= 4 is 17.2 Å². The van der Waals surface area contributed by atoms with Gasteiger partial charge in [0.05, 0.1) is 5.60 Å². The van der Waals surface area contributed by atoms with Gasteiger partial charge in [-0.05, 0) is 67.7 Å². The molecule has 1 spiro atoms. The molecule has 28 heavy (non-hydrogen) atoms. The van der Waals surface area contributed by atoms with Gasteiger partial charge in [0, 0.05) is 55.6 Å². The molecular weight excluding hydrogens is 370 g/mol. The van der Waals surface area contributed by atoms with E-state index in [9.17, 15) is 4.79 Å². The van der Waals surface area contributed by atoms with E-state index in [0.29, 0.717) is 11.5 Å². The van der Waals surface area contributed by atoms with Crippen LogP contribution >= 0.6 is 11.3 Å². The van der Waals surface area contributed by atoms with Crippen LogP contribution < -0.4 is 5.32 Å². The van der Waals surface area contributed by atoms with E-state index in [1.54, 1.807) is 24.5 Å². The fourth-order valence-electron chi connectivity index (χ4n) is 4.38. The number of pyridine rings is 1. The van der Waals surface area contributed by atoms with Gasteiger partial charge < -0.3 is 10.1 Å². The summed E-state index contributed by atoms with van der Waals surface area (Å²) >= 11 is 1.86. The predicted octanol–water partition coefficient (Wildman–Crippen LogP) is 3.64.